The average molecular weight is 574 g/mol. The lowest BCUT2D eigenvalue weighted by atomic mass is 10.0. The SMILES string of the molecule is CCCCCCCCCCCCCCCCCCn1c(-c2ccccc2)c(OC2CCCCO2)c(=O)c2ccccc21. The van der Waals surface area contributed by atoms with Gasteiger partial charge in [-0.3, -0.25) is 4.79 Å². The number of hydrogen-bond donors (Lipinski definition) is 0. The minimum atomic E-state index is -0.362. The molecule has 4 nitrogen and oxygen atoms in total. The van der Waals surface area contributed by atoms with Crippen LogP contribution in [0.15, 0.2) is 59.4 Å². The molecule has 1 unspecified atom stereocenters. The highest BCUT2D eigenvalue weighted by molar-refractivity contribution is 5.86. The Bertz CT molecular complexity index is 1210. The number of pyridine rings is 1. The molecule has 2 heterocycles. The number of aryl methyl sites for hydroxylation is 1. The Hall–Kier alpha value is -2.59. The highest BCUT2D eigenvalue weighted by Crippen LogP contribution is 2.33. The van der Waals surface area contributed by atoms with E-state index in [-0.39, 0.29) is 11.7 Å². The highest BCUT2D eigenvalue weighted by atomic mass is 16.7. The van der Waals surface area contributed by atoms with Gasteiger partial charge in [0.2, 0.25) is 5.43 Å². The third-order valence-corrected chi connectivity index (χ3v) is 8.80. The Kier molecular flexibility index (Phi) is 14.5. The number of hydrogen-bond acceptors (Lipinski definition) is 3. The summed E-state index contributed by atoms with van der Waals surface area (Å²) in [5.74, 6) is 0.434. The summed E-state index contributed by atoms with van der Waals surface area (Å²) < 4.78 is 14.6. The van der Waals surface area contributed by atoms with Crippen molar-refractivity contribution in [1.29, 1.82) is 0 Å². The molecule has 230 valence electrons. The van der Waals surface area contributed by atoms with Crippen molar-refractivity contribution in [3.63, 3.8) is 0 Å². The highest BCUT2D eigenvalue weighted by Gasteiger charge is 2.24. The second-order valence-corrected chi connectivity index (χ2v) is 12.3. The van der Waals surface area contributed by atoms with Crippen molar-refractivity contribution in [2.45, 2.75) is 142 Å². The number of rotatable bonds is 20. The zero-order chi connectivity index (χ0) is 29.2. The standard InChI is InChI=1S/C38H55NO3/c1-2-3-4-5-6-7-8-9-10-11-12-13-14-15-16-23-30-39-34-28-21-20-27-33(34)37(40)38(42-35-29-22-24-31-41-35)36(39)32-25-18-17-19-26-32/h17-21,25-28,35H,2-16,22-24,29-31H2,1H3. The largest absolute Gasteiger partial charge is 0.459 e. The average Bonchev–Trinajstić information content (AvgIpc) is 3.03. The van der Waals surface area contributed by atoms with E-state index in [1.54, 1.807) is 0 Å². The van der Waals surface area contributed by atoms with Crippen LogP contribution in [0.3, 0.4) is 0 Å². The van der Waals surface area contributed by atoms with Crippen LogP contribution in [0.25, 0.3) is 22.2 Å². The van der Waals surface area contributed by atoms with Crippen LogP contribution in [0.4, 0.5) is 0 Å². The van der Waals surface area contributed by atoms with Crippen LogP contribution in [0.1, 0.15) is 129 Å². The van der Waals surface area contributed by atoms with Crippen molar-refractivity contribution in [3.05, 3.63) is 64.8 Å². The van der Waals surface area contributed by atoms with E-state index in [1.807, 2.05) is 36.4 Å². The molecule has 0 radical (unpaired) electrons. The molecule has 0 N–H and O–H groups in total. The van der Waals surface area contributed by atoms with Crippen molar-refractivity contribution in [3.8, 4) is 17.0 Å². The molecule has 1 aliphatic heterocycles. The summed E-state index contributed by atoms with van der Waals surface area (Å²) in [6.45, 7) is 3.84. The summed E-state index contributed by atoms with van der Waals surface area (Å²) in [6.07, 6.45) is 24.3. The molecule has 3 aromatic rings. The summed E-state index contributed by atoms with van der Waals surface area (Å²) in [5, 5.41) is 0.722. The molecule has 0 aliphatic carbocycles. The van der Waals surface area contributed by atoms with Crippen molar-refractivity contribution in [1.82, 2.24) is 4.57 Å². The Morgan fingerprint density at radius 1 is 0.714 bits per heavy atom. The van der Waals surface area contributed by atoms with E-state index in [9.17, 15) is 4.79 Å². The van der Waals surface area contributed by atoms with Gasteiger partial charge in [0.25, 0.3) is 0 Å². The molecule has 1 saturated heterocycles. The first-order valence-corrected chi connectivity index (χ1v) is 17.3. The van der Waals surface area contributed by atoms with E-state index in [4.69, 9.17) is 9.47 Å². The van der Waals surface area contributed by atoms with Gasteiger partial charge in [-0.1, -0.05) is 146 Å². The molecular formula is C38H55NO3. The summed E-state index contributed by atoms with van der Waals surface area (Å²) in [4.78, 5) is 13.8. The normalized spacial score (nSPS) is 15.3. The van der Waals surface area contributed by atoms with Crippen LogP contribution in [-0.4, -0.2) is 17.5 Å². The lowest BCUT2D eigenvalue weighted by Gasteiger charge is -2.26. The third kappa shape index (κ3) is 10.0. The van der Waals surface area contributed by atoms with Gasteiger partial charge in [-0.05, 0) is 31.4 Å². The Morgan fingerprint density at radius 3 is 1.88 bits per heavy atom. The van der Waals surface area contributed by atoms with Crippen molar-refractivity contribution >= 4 is 10.9 Å². The predicted molar refractivity (Wildman–Crippen MR) is 177 cm³/mol. The van der Waals surface area contributed by atoms with Gasteiger partial charge in [0, 0.05) is 23.9 Å². The van der Waals surface area contributed by atoms with Gasteiger partial charge < -0.3 is 14.0 Å². The molecule has 2 aromatic carbocycles. The second kappa shape index (κ2) is 18.8. The van der Waals surface area contributed by atoms with Crippen LogP contribution < -0.4 is 10.2 Å². The number of unbranched alkanes of at least 4 members (excludes halogenated alkanes) is 15. The van der Waals surface area contributed by atoms with Crippen LogP contribution in [0, 0.1) is 0 Å². The first kappa shape index (κ1) is 32.3. The van der Waals surface area contributed by atoms with E-state index in [1.165, 1.54) is 96.3 Å². The fourth-order valence-corrected chi connectivity index (χ4v) is 6.35. The van der Waals surface area contributed by atoms with Gasteiger partial charge >= 0.3 is 0 Å². The van der Waals surface area contributed by atoms with Crippen molar-refractivity contribution in [2.24, 2.45) is 0 Å². The Labute approximate surface area is 254 Å². The number of aromatic nitrogens is 1. The van der Waals surface area contributed by atoms with E-state index in [2.05, 4.69) is 29.7 Å². The Morgan fingerprint density at radius 2 is 1.29 bits per heavy atom. The topological polar surface area (TPSA) is 40.5 Å². The van der Waals surface area contributed by atoms with E-state index >= 15 is 0 Å². The molecule has 4 heteroatoms. The molecule has 4 rings (SSSR count). The quantitative estimate of drug-likeness (QED) is 0.126. The van der Waals surface area contributed by atoms with Crippen LogP contribution >= 0.6 is 0 Å². The number of para-hydroxylation sites is 1. The smallest absolute Gasteiger partial charge is 0.231 e. The van der Waals surface area contributed by atoms with Crippen LogP contribution in [-0.2, 0) is 11.3 Å². The zero-order valence-corrected chi connectivity index (χ0v) is 26.3. The molecule has 0 saturated carbocycles. The molecule has 42 heavy (non-hydrogen) atoms. The molecule has 0 amide bonds. The monoisotopic (exact) mass is 573 g/mol. The van der Waals surface area contributed by atoms with Gasteiger partial charge in [0.15, 0.2) is 12.0 Å². The molecule has 0 spiro atoms. The molecule has 1 aliphatic rings. The first-order chi connectivity index (χ1) is 20.8. The van der Waals surface area contributed by atoms with E-state index in [0.29, 0.717) is 12.4 Å². The molecule has 1 aromatic heterocycles. The van der Waals surface area contributed by atoms with Crippen LogP contribution in [0.2, 0.25) is 0 Å². The number of benzene rings is 2. The summed E-state index contributed by atoms with van der Waals surface area (Å²) in [5.41, 5.74) is 2.85. The maximum absolute atomic E-state index is 13.8. The Balaban J connectivity index is 1.29. The summed E-state index contributed by atoms with van der Waals surface area (Å²) in [7, 11) is 0. The first-order valence-electron chi connectivity index (χ1n) is 17.3. The maximum Gasteiger partial charge on any atom is 0.231 e. The lowest BCUT2D eigenvalue weighted by molar-refractivity contribution is -0.106. The van der Waals surface area contributed by atoms with E-state index < -0.39 is 0 Å². The lowest BCUT2D eigenvalue weighted by Crippen LogP contribution is -2.28. The number of nitrogens with zero attached hydrogens (tertiary/aromatic N) is 1. The second-order valence-electron chi connectivity index (χ2n) is 12.3. The summed E-state index contributed by atoms with van der Waals surface area (Å²) in [6, 6.07) is 18.3. The molecular weight excluding hydrogens is 518 g/mol. The minimum absolute atomic E-state index is 0.0400. The van der Waals surface area contributed by atoms with Crippen LogP contribution in [0.5, 0.6) is 5.75 Å². The zero-order valence-electron chi connectivity index (χ0n) is 26.3. The van der Waals surface area contributed by atoms with E-state index in [0.717, 1.165) is 54.4 Å². The minimum Gasteiger partial charge on any atom is -0.459 e. The van der Waals surface area contributed by atoms with Crippen molar-refractivity contribution < 1.29 is 9.47 Å². The molecule has 1 fully saturated rings. The maximum atomic E-state index is 13.8. The fraction of sp³-hybridized carbons (Fsp3) is 0.605. The van der Waals surface area contributed by atoms with Gasteiger partial charge in [-0.2, -0.15) is 0 Å². The number of ether oxygens (including phenoxy) is 2. The molecule has 1 atom stereocenters. The van der Waals surface area contributed by atoms with Gasteiger partial charge in [0.1, 0.15) is 0 Å². The molecule has 0 bridgehead atoms. The summed E-state index contributed by atoms with van der Waals surface area (Å²) >= 11 is 0. The predicted octanol–water partition coefficient (Wildman–Crippen LogP) is 10.8. The van der Waals surface area contributed by atoms with Gasteiger partial charge in [-0.25, -0.2) is 0 Å². The van der Waals surface area contributed by atoms with Crippen molar-refractivity contribution in [2.75, 3.05) is 6.61 Å². The fourth-order valence-electron chi connectivity index (χ4n) is 6.35. The van der Waals surface area contributed by atoms with Gasteiger partial charge in [0.05, 0.1) is 17.8 Å². The number of fused-ring (bicyclic) bond motifs is 1. The van der Waals surface area contributed by atoms with Gasteiger partial charge in [-0.15, -0.1) is 0 Å². The third-order valence-electron chi connectivity index (χ3n) is 8.80.